The minimum atomic E-state index is -4.51. The van der Waals surface area contributed by atoms with E-state index in [0.29, 0.717) is 6.61 Å². The summed E-state index contributed by atoms with van der Waals surface area (Å²) in [7, 11) is -4.51. The third kappa shape index (κ3) is 44.8. The highest BCUT2D eigenvalue weighted by molar-refractivity contribution is 7.47. The van der Waals surface area contributed by atoms with Crippen LogP contribution in [0.2, 0.25) is 0 Å². The van der Waals surface area contributed by atoms with Crippen molar-refractivity contribution in [3.05, 3.63) is 0 Å². The van der Waals surface area contributed by atoms with Gasteiger partial charge in [0, 0.05) is 13.0 Å². The Morgan fingerprint density at radius 1 is 0.474 bits per heavy atom. The van der Waals surface area contributed by atoms with Gasteiger partial charge < -0.3 is 24.6 Å². The second kappa shape index (κ2) is 45.0. The van der Waals surface area contributed by atoms with Gasteiger partial charge in [0.25, 0.3) is 0 Å². The second-order valence-electron chi connectivity index (χ2n) is 16.9. The maximum atomic E-state index is 12.6. The average molecular weight is 835 g/mol. The fourth-order valence-electron chi connectivity index (χ4n) is 7.30. The normalized spacial score (nSPS) is 13.8. The van der Waals surface area contributed by atoms with Crippen LogP contribution >= 0.6 is 7.82 Å². The molecular formula is C47H95O9P. The van der Waals surface area contributed by atoms with Crippen LogP contribution in [-0.4, -0.2) is 66.3 Å². The van der Waals surface area contributed by atoms with Crippen LogP contribution in [0.3, 0.4) is 0 Å². The van der Waals surface area contributed by atoms with Crippen molar-refractivity contribution in [3.63, 3.8) is 0 Å². The molecule has 0 amide bonds. The molecular weight excluding hydrogens is 739 g/mol. The highest BCUT2D eigenvalue weighted by Gasteiger charge is 2.26. The average Bonchev–Trinajstić information content (AvgIpc) is 3.20. The van der Waals surface area contributed by atoms with Crippen LogP contribution in [0.4, 0.5) is 0 Å². The summed E-state index contributed by atoms with van der Waals surface area (Å²) in [6, 6.07) is 0. The number of aliphatic hydroxyl groups excluding tert-OH is 2. The van der Waals surface area contributed by atoms with Gasteiger partial charge in [-0.05, 0) is 12.8 Å². The van der Waals surface area contributed by atoms with Gasteiger partial charge in [-0.25, -0.2) is 4.57 Å². The van der Waals surface area contributed by atoms with Crippen molar-refractivity contribution in [2.75, 3.05) is 33.0 Å². The van der Waals surface area contributed by atoms with Crippen LogP contribution < -0.4 is 0 Å². The molecule has 0 aliphatic carbocycles. The number of esters is 1. The zero-order chi connectivity index (χ0) is 41.8. The Morgan fingerprint density at radius 2 is 0.789 bits per heavy atom. The monoisotopic (exact) mass is 835 g/mol. The van der Waals surface area contributed by atoms with Gasteiger partial charge in [-0.1, -0.05) is 232 Å². The van der Waals surface area contributed by atoms with Gasteiger partial charge in [-0.3, -0.25) is 13.8 Å². The summed E-state index contributed by atoms with van der Waals surface area (Å²) in [5.74, 6) is -0.376. The van der Waals surface area contributed by atoms with Crippen molar-refractivity contribution in [1.82, 2.24) is 0 Å². The molecule has 0 aromatic rings. The van der Waals surface area contributed by atoms with E-state index in [0.717, 1.165) is 32.1 Å². The van der Waals surface area contributed by atoms with Crippen molar-refractivity contribution in [3.8, 4) is 0 Å². The standard InChI is InChI=1S/C47H95O9P/c1-3-5-7-9-11-13-15-17-18-19-20-21-22-23-24-25-26-28-30-32-34-36-38-40-53-43-46(44-55-57(51,52)54-42-45(49)41-48)56-47(50)39-37-35-33-31-29-27-16-14-12-10-8-6-4-2/h45-46,48-49H,3-44H2,1-2H3,(H,51,52). The zero-order valence-corrected chi connectivity index (χ0v) is 38.5. The van der Waals surface area contributed by atoms with Crippen LogP contribution in [0.5, 0.6) is 0 Å². The van der Waals surface area contributed by atoms with Gasteiger partial charge in [-0.2, -0.15) is 0 Å². The maximum absolute atomic E-state index is 12.6. The van der Waals surface area contributed by atoms with E-state index >= 15 is 0 Å². The number of unbranched alkanes of at least 4 members (excludes halogenated alkanes) is 34. The van der Waals surface area contributed by atoms with Gasteiger partial charge in [0.05, 0.1) is 26.4 Å². The molecule has 0 bridgehead atoms. The fraction of sp³-hybridized carbons (Fsp3) is 0.979. The van der Waals surface area contributed by atoms with Crippen LogP contribution in [0.25, 0.3) is 0 Å². The fourth-order valence-corrected chi connectivity index (χ4v) is 8.09. The Hall–Kier alpha value is -0.540. The van der Waals surface area contributed by atoms with Gasteiger partial charge in [0.1, 0.15) is 12.2 Å². The minimum absolute atomic E-state index is 0.0584. The smallest absolute Gasteiger partial charge is 0.457 e. The first-order valence-electron chi connectivity index (χ1n) is 24.5. The lowest BCUT2D eigenvalue weighted by Crippen LogP contribution is -2.29. The molecule has 3 unspecified atom stereocenters. The van der Waals surface area contributed by atoms with E-state index in [9.17, 15) is 19.4 Å². The summed E-state index contributed by atoms with van der Waals surface area (Å²) in [6.07, 6.45) is 45.0. The van der Waals surface area contributed by atoms with E-state index in [2.05, 4.69) is 13.8 Å². The number of hydrogen-bond donors (Lipinski definition) is 3. The number of hydrogen-bond acceptors (Lipinski definition) is 8. The van der Waals surface area contributed by atoms with E-state index < -0.39 is 33.2 Å². The molecule has 342 valence electrons. The van der Waals surface area contributed by atoms with Crippen molar-refractivity contribution < 1.29 is 43.0 Å². The number of carbonyl (C=O) groups is 1. The first-order chi connectivity index (χ1) is 27.8. The molecule has 0 aromatic carbocycles. The summed E-state index contributed by atoms with van der Waals surface area (Å²) < 4.78 is 33.5. The molecule has 0 heterocycles. The quantitative estimate of drug-likeness (QED) is 0.0311. The molecule has 0 aromatic heterocycles. The molecule has 10 heteroatoms. The van der Waals surface area contributed by atoms with E-state index in [1.165, 1.54) is 199 Å². The summed E-state index contributed by atoms with van der Waals surface area (Å²) in [5.41, 5.74) is 0. The molecule has 3 N–H and O–H groups in total. The number of carbonyl (C=O) groups excluding carboxylic acids is 1. The van der Waals surface area contributed by atoms with Crippen molar-refractivity contribution in [2.24, 2.45) is 0 Å². The molecule has 0 aliphatic rings. The van der Waals surface area contributed by atoms with Crippen LogP contribution in [0, 0.1) is 0 Å². The third-order valence-electron chi connectivity index (χ3n) is 11.0. The summed E-state index contributed by atoms with van der Waals surface area (Å²) >= 11 is 0. The summed E-state index contributed by atoms with van der Waals surface area (Å²) in [5, 5.41) is 18.4. The molecule has 0 saturated carbocycles. The van der Waals surface area contributed by atoms with Crippen LogP contribution in [0.15, 0.2) is 0 Å². The minimum Gasteiger partial charge on any atom is -0.457 e. The number of ether oxygens (including phenoxy) is 2. The molecule has 0 spiro atoms. The second-order valence-corrected chi connectivity index (χ2v) is 18.3. The lowest BCUT2D eigenvalue weighted by atomic mass is 10.0. The zero-order valence-electron chi connectivity index (χ0n) is 37.6. The third-order valence-corrected chi connectivity index (χ3v) is 12.0. The van der Waals surface area contributed by atoms with E-state index in [-0.39, 0.29) is 25.6 Å². The molecule has 9 nitrogen and oxygen atoms in total. The van der Waals surface area contributed by atoms with E-state index in [1.54, 1.807) is 0 Å². The van der Waals surface area contributed by atoms with Gasteiger partial charge in [-0.15, -0.1) is 0 Å². The first-order valence-corrected chi connectivity index (χ1v) is 26.0. The summed E-state index contributed by atoms with van der Waals surface area (Å²) in [4.78, 5) is 22.6. The maximum Gasteiger partial charge on any atom is 0.472 e. The molecule has 0 aliphatic heterocycles. The van der Waals surface area contributed by atoms with Crippen molar-refractivity contribution in [2.45, 2.75) is 264 Å². The Labute approximate surface area is 352 Å². The Kier molecular flexibility index (Phi) is 44.6. The molecule has 3 atom stereocenters. The summed E-state index contributed by atoms with van der Waals surface area (Å²) in [6.45, 7) is 3.59. The van der Waals surface area contributed by atoms with Crippen molar-refractivity contribution >= 4 is 13.8 Å². The van der Waals surface area contributed by atoms with E-state index in [1.807, 2.05) is 0 Å². The molecule has 0 rings (SSSR count). The van der Waals surface area contributed by atoms with Crippen molar-refractivity contribution in [1.29, 1.82) is 0 Å². The lowest BCUT2D eigenvalue weighted by molar-refractivity contribution is -0.154. The highest BCUT2D eigenvalue weighted by atomic mass is 31.2. The highest BCUT2D eigenvalue weighted by Crippen LogP contribution is 2.43. The Balaban J connectivity index is 3.97. The molecule has 57 heavy (non-hydrogen) atoms. The number of rotatable bonds is 48. The predicted molar refractivity (Wildman–Crippen MR) is 238 cm³/mol. The van der Waals surface area contributed by atoms with Gasteiger partial charge >= 0.3 is 13.8 Å². The van der Waals surface area contributed by atoms with Crippen LogP contribution in [-0.2, 0) is 27.9 Å². The molecule has 0 fully saturated rings. The van der Waals surface area contributed by atoms with E-state index in [4.69, 9.17) is 23.6 Å². The number of phosphoric acid groups is 1. The largest absolute Gasteiger partial charge is 0.472 e. The SMILES string of the molecule is CCCCCCCCCCCCCCCCCCCCCCCCCOCC(COP(=O)(O)OCC(O)CO)OC(=O)CCCCCCCCCCCCCCC. The van der Waals surface area contributed by atoms with Gasteiger partial charge in [0.2, 0.25) is 0 Å². The van der Waals surface area contributed by atoms with Crippen LogP contribution in [0.1, 0.15) is 251 Å². The number of phosphoric ester groups is 1. The lowest BCUT2D eigenvalue weighted by Gasteiger charge is -2.20. The Bertz CT molecular complexity index is 861. The topological polar surface area (TPSA) is 132 Å². The van der Waals surface area contributed by atoms with Gasteiger partial charge in [0.15, 0.2) is 0 Å². The molecule has 0 radical (unpaired) electrons. The Morgan fingerprint density at radius 3 is 1.14 bits per heavy atom. The number of aliphatic hydroxyl groups is 2. The first kappa shape index (κ1) is 56.5. The predicted octanol–water partition coefficient (Wildman–Crippen LogP) is 13.9. The molecule has 0 saturated heterocycles.